The molecule has 0 aliphatic carbocycles. The van der Waals surface area contributed by atoms with Crippen LogP contribution in [0, 0.1) is 0 Å². The van der Waals surface area contributed by atoms with Crippen LogP contribution in [0.1, 0.15) is 6.92 Å². The van der Waals surface area contributed by atoms with Crippen molar-refractivity contribution in [2.24, 2.45) is 0 Å². The van der Waals surface area contributed by atoms with Gasteiger partial charge in [0.15, 0.2) is 10.6 Å². The lowest BCUT2D eigenvalue weighted by atomic mass is 10.2. The van der Waals surface area contributed by atoms with E-state index in [2.05, 4.69) is 32.1 Å². The van der Waals surface area contributed by atoms with Crippen LogP contribution in [0.15, 0.2) is 5.51 Å². The molecular formula is C10H14N6S. The molecule has 0 aromatic carbocycles. The van der Waals surface area contributed by atoms with Crippen molar-refractivity contribution in [2.75, 3.05) is 30.3 Å². The standard InChI is InChI=1S/C10H14N6S/c1-6-4-12-2-3-16(6)8-7-9(17-5-13-7)15-10(11)14-8/h5-6,12H,2-4H2,1H3,(H2,11,14,15)/t6-/m0/s1. The molecule has 1 aliphatic rings. The first kappa shape index (κ1) is 10.7. The summed E-state index contributed by atoms with van der Waals surface area (Å²) in [5.74, 6) is 1.19. The van der Waals surface area contributed by atoms with Gasteiger partial charge in [0, 0.05) is 25.7 Å². The third kappa shape index (κ3) is 1.81. The van der Waals surface area contributed by atoms with Crippen molar-refractivity contribution in [3.05, 3.63) is 5.51 Å². The van der Waals surface area contributed by atoms with Gasteiger partial charge in [-0.3, -0.25) is 0 Å². The molecule has 6 nitrogen and oxygen atoms in total. The number of nitrogens with two attached hydrogens (primary N) is 1. The van der Waals surface area contributed by atoms with Gasteiger partial charge in [-0.15, -0.1) is 11.3 Å². The summed E-state index contributed by atoms with van der Waals surface area (Å²) in [5.41, 5.74) is 8.40. The van der Waals surface area contributed by atoms with Gasteiger partial charge in [0.1, 0.15) is 5.52 Å². The normalized spacial score (nSPS) is 21.0. The molecule has 0 saturated carbocycles. The minimum atomic E-state index is 0.322. The second kappa shape index (κ2) is 4.08. The monoisotopic (exact) mass is 250 g/mol. The average Bonchev–Trinajstić information content (AvgIpc) is 2.76. The van der Waals surface area contributed by atoms with Crippen molar-refractivity contribution in [3.63, 3.8) is 0 Å². The van der Waals surface area contributed by atoms with E-state index in [1.165, 1.54) is 11.3 Å². The van der Waals surface area contributed by atoms with E-state index in [0.717, 1.165) is 35.8 Å². The maximum atomic E-state index is 5.75. The fraction of sp³-hybridized carbons (Fsp3) is 0.500. The second-order valence-electron chi connectivity index (χ2n) is 4.16. The fourth-order valence-corrected chi connectivity index (χ4v) is 2.78. The zero-order valence-corrected chi connectivity index (χ0v) is 10.4. The number of nitrogen functional groups attached to an aromatic ring is 1. The molecule has 7 heteroatoms. The Kier molecular flexibility index (Phi) is 2.56. The number of nitrogens with zero attached hydrogens (tertiary/aromatic N) is 4. The number of hydrogen-bond acceptors (Lipinski definition) is 7. The maximum absolute atomic E-state index is 5.75. The first-order valence-corrected chi connectivity index (χ1v) is 6.48. The van der Waals surface area contributed by atoms with E-state index in [-0.39, 0.29) is 0 Å². The summed E-state index contributed by atoms with van der Waals surface area (Å²) in [6.07, 6.45) is 0. The highest BCUT2D eigenvalue weighted by Gasteiger charge is 2.23. The molecule has 90 valence electrons. The number of fused-ring (bicyclic) bond motifs is 1. The largest absolute Gasteiger partial charge is 0.368 e. The number of nitrogens with one attached hydrogen (secondary N) is 1. The molecule has 0 amide bonds. The molecule has 0 bridgehead atoms. The van der Waals surface area contributed by atoms with E-state index >= 15 is 0 Å². The van der Waals surface area contributed by atoms with Crippen molar-refractivity contribution in [2.45, 2.75) is 13.0 Å². The summed E-state index contributed by atoms with van der Waals surface area (Å²) in [4.78, 5) is 16.0. The predicted molar refractivity (Wildman–Crippen MR) is 69.3 cm³/mol. The number of thiazole rings is 1. The van der Waals surface area contributed by atoms with Crippen LogP contribution in [0.3, 0.4) is 0 Å². The summed E-state index contributed by atoms with van der Waals surface area (Å²) in [7, 11) is 0. The third-order valence-electron chi connectivity index (χ3n) is 2.97. The molecule has 3 rings (SSSR count). The smallest absolute Gasteiger partial charge is 0.223 e. The van der Waals surface area contributed by atoms with Crippen molar-refractivity contribution in [1.82, 2.24) is 20.3 Å². The number of rotatable bonds is 1. The molecule has 3 N–H and O–H groups in total. The van der Waals surface area contributed by atoms with Crippen LogP contribution in [0.25, 0.3) is 10.3 Å². The van der Waals surface area contributed by atoms with Crippen molar-refractivity contribution >= 4 is 33.5 Å². The quantitative estimate of drug-likeness (QED) is 0.765. The SMILES string of the molecule is C[C@H]1CNCCN1c1nc(N)nc2scnc12. The first-order valence-electron chi connectivity index (χ1n) is 5.60. The summed E-state index contributed by atoms with van der Waals surface area (Å²) >= 11 is 1.50. The summed E-state index contributed by atoms with van der Waals surface area (Å²) in [6, 6.07) is 0.392. The average molecular weight is 250 g/mol. The molecule has 2 aromatic rings. The van der Waals surface area contributed by atoms with Crippen LogP contribution in [0.5, 0.6) is 0 Å². The molecule has 1 fully saturated rings. The second-order valence-corrected chi connectivity index (χ2v) is 4.99. The molecule has 3 heterocycles. The number of anilines is 2. The maximum Gasteiger partial charge on any atom is 0.223 e. The van der Waals surface area contributed by atoms with Crippen LogP contribution < -0.4 is 16.0 Å². The molecule has 2 aromatic heterocycles. The van der Waals surface area contributed by atoms with E-state index in [4.69, 9.17) is 5.73 Å². The Balaban J connectivity index is 2.11. The molecule has 17 heavy (non-hydrogen) atoms. The molecule has 0 radical (unpaired) electrons. The minimum absolute atomic E-state index is 0.322. The lowest BCUT2D eigenvalue weighted by Crippen LogP contribution is -2.50. The van der Waals surface area contributed by atoms with E-state index < -0.39 is 0 Å². The van der Waals surface area contributed by atoms with E-state index in [1.54, 1.807) is 5.51 Å². The highest BCUT2D eigenvalue weighted by atomic mass is 32.1. The molecule has 1 aliphatic heterocycles. The summed E-state index contributed by atoms with van der Waals surface area (Å²) < 4.78 is 0. The lowest BCUT2D eigenvalue weighted by Gasteiger charge is -2.34. The fourth-order valence-electron chi connectivity index (χ4n) is 2.12. The van der Waals surface area contributed by atoms with Crippen LogP contribution in [-0.2, 0) is 0 Å². The van der Waals surface area contributed by atoms with Crippen LogP contribution in [-0.4, -0.2) is 40.6 Å². The third-order valence-corrected chi connectivity index (χ3v) is 3.69. The lowest BCUT2D eigenvalue weighted by molar-refractivity contribution is 0.498. The molecule has 1 atom stereocenters. The van der Waals surface area contributed by atoms with Crippen LogP contribution in [0.2, 0.25) is 0 Å². The Morgan fingerprint density at radius 3 is 3.24 bits per heavy atom. The predicted octanol–water partition coefficient (Wildman–Crippen LogP) is 0.467. The van der Waals surface area contributed by atoms with Gasteiger partial charge in [-0.1, -0.05) is 0 Å². The topological polar surface area (TPSA) is 80.0 Å². The Morgan fingerprint density at radius 1 is 1.53 bits per heavy atom. The van der Waals surface area contributed by atoms with Gasteiger partial charge in [0.25, 0.3) is 0 Å². The van der Waals surface area contributed by atoms with Gasteiger partial charge < -0.3 is 16.0 Å². The zero-order chi connectivity index (χ0) is 11.8. The van der Waals surface area contributed by atoms with E-state index in [9.17, 15) is 0 Å². The van der Waals surface area contributed by atoms with Crippen molar-refractivity contribution < 1.29 is 0 Å². The van der Waals surface area contributed by atoms with Crippen molar-refractivity contribution in [3.8, 4) is 0 Å². The van der Waals surface area contributed by atoms with Gasteiger partial charge in [-0.2, -0.15) is 4.98 Å². The van der Waals surface area contributed by atoms with E-state index in [0.29, 0.717) is 12.0 Å². The van der Waals surface area contributed by atoms with Gasteiger partial charge in [0.2, 0.25) is 5.95 Å². The highest BCUT2D eigenvalue weighted by molar-refractivity contribution is 7.16. The summed E-state index contributed by atoms with van der Waals surface area (Å²) in [5, 5.41) is 3.36. The molecule has 1 saturated heterocycles. The zero-order valence-electron chi connectivity index (χ0n) is 9.55. The molecule has 0 unspecified atom stereocenters. The van der Waals surface area contributed by atoms with Crippen LogP contribution >= 0.6 is 11.3 Å². The van der Waals surface area contributed by atoms with Gasteiger partial charge >= 0.3 is 0 Å². The molecule has 0 spiro atoms. The highest BCUT2D eigenvalue weighted by Crippen LogP contribution is 2.27. The number of piperazine rings is 1. The Bertz CT molecular complexity index is 539. The Hall–Kier alpha value is -1.47. The molecular weight excluding hydrogens is 236 g/mol. The minimum Gasteiger partial charge on any atom is -0.368 e. The van der Waals surface area contributed by atoms with Gasteiger partial charge in [0.05, 0.1) is 5.51 Å². The Morgan fingerprint density at radius 2 is 2.41 bits per heavy atom. The number of hydrogen-bond donors (Lipinski definition) is 2. The van der Waals surface area contributed by atoms with Crippen molar-refractivity contribution in [1.29, 1.82) is 0 Å². The van der Waals surface area contributed by atoms with E-state index in [1.807, 2.05) is 0 Å². The first-order chi connectivity index (χ1) is 8.25. The van der Waals surface area contributed by atoms with Crippen LogP contribution in [0.4, 0.5) is 11.8 Å². The Labute approximate surface area is 103 Å². The number of aromatic nitrogens is 3. The summed E-state index contributed by atoms with van der Waals surface area (Å²) in [6.45, 7) is 5.00. The van der Waals surface area contributed by atoms with Gasteiger partial charge in [-0.05, 0) is 6.92 Å². The van der Waals surface area contributed by atoms with Gasteiger partial charge in [-0.25, -0.2) is 9.97 Å².